The van der Waals surface area contributed by atoms with Crippen molar-refractivity contribution in [3.05, 3.63) is 30.7 Å². The van der Waals surface area contributed by atoms with Crippen LogP contribution in [0.4, 0.5) is 37.7 Å². The van der Waals surface area contributed by atoms with E-state index in [4.69, 9.17) is 0 Å². The summed E-state index contributed by atoms with van der Waals surface area (Å²) in [7, 11) is 0. The highest BCUT2D eigenvalue weighted by Crippen LogP contribution is 2.24. The van der Waals surface area contributed by atoms with Crippen molar-refractivity contribution in [3.8, 4) is 0 Å². The Kier molecular flexibility index (Phi) is 4.49. The lowest BCUT2D eigenvalue weighted by Gasteiger charge is -2.12. The van der Waals surface area contributed by atoms with Crippen LogP contribution in [0.15, 0.2) is 18.2 Å². The molecular weight excluding hydrogens is 306 g/mol. The fourth-order valence-electron chi connectivity index (χ4n) is 1.24. The molecule has 4 nitrogen and oxygen atoms in total. The molecular formula is C11H7F6N2O2. The Morgan fingerprint density at radius 2 is 1.14 bits per heavy atom. The van der Waals surface area contributed by atoms with Crippen LogP contribution in [0.1, 0.15) is 5.56 Å². The number of hydrogen-bond donors (Lipinski definition) is 2. The summed E-state index contributed by atoms with van der Waals surface area (Å²) in [5, 5.41) is 2.88. The summed E-state index contributed by atoms with van der Waals surface area (Å²) in [4.78, 5) is 21.4. The van der Waals surface area contributed by atoms with E-state index in [1.54, 1.807) is 0 Å². The van der Waals surface area contributed by atoms with Gasteiger partial charge in [0.2, 0.25) is 0 Å². The Hall–Kier alpha value is -2.26. The number of rotatable bonds is 2. The van der Waals surface area contributed by atoms with Crippen molar-refractivity contribution in [3.63, 3.8) is 0 Å². The average molecular weight is 313 g/mol. The number of amides is 2. The number of benzene rings is 1. The minimum absolute atomic E-state index is 0.00699. The highest BCUT2D eigenvalue weighted by atomic mass is 19.4. The van der Waals surface area contributed by atoms with Gasteiger partial charge in [0.15, 0.2) is 0 Å². The van der Waals surface area contributed by atoms with Gasteiger partial charge in [-0.15, -0.1) is 0 Å². The molecule has 2 amide bonds. The van der Waals surface area contributed by atoms with E-state index in [1.807, 2.05) is 0 Å². The first-order chi connectivity index (χ1) is 9.39. The molecule has 10 heteroatoms. The molecule has 1 rings (SSSR count). The van der Waals surface area contributed by atoms with Gasteiger partial charge in [0, 0.05) is 11.4 Å². The van der Waals surface area contributed by atoms with E-state index in [-0.39, 0.29) is 5.56 Å². The lowest BCUT2D eigenvalue weighted by molar-refractivity contribution is -0.167. The SMILES string of the molecule is [CH2]c1cc(NC(=O)C(F)(F)F)cc(NC(=O)C(F)(F)F)c1. The molecule has 0 spiro atoms. The number of hydrogen-bond acceptors (Lipinski definition) is 2. The second-order valence-corrected chi connectivity index (χ2v) is 3.82. The molecule has 0 atom stereocenters. The molecule has 0 bridgehead atoms. The second-order valence-electron chi connectivity index (χ2n) is 3.82. The van der Waals surface area contributed by atoms with Gasteiger partial charge in [0.05, 0.1) is 0 Å². The fraction of sp³-hybridized carbons (Fsp3) is 0.182. The molecule has 0 aliphatic heterocycles. The number of alkyl halides is 6. The Morgan fingerprint density at radius 1 is 0.810 bits per heavy atom. The Balaban J connectivity index is 2.96. The molecule has 0 heterocycles. The predicted molar refractivity (Wildman–Crippen MR) is 60.3 cm³/mol. The van der Waals surface area contributed by atoms with Gasteiger partial charge in [-0.2, -0.15) is 26.3 Å². The van der Waals surface area contributed by atoms with E-state index in [1.165, 1.54) is 10.6 Å². The van der Waals surface area contributed by atoms with Crippen molar-refractivity contribution in [2.75, 3.05) is 10.6 Å². The minimum atomic E-state index is -5.16. The van der Waals surface area contributed by atoms with Crippen molar-refractivity contribution in [2.24, 2.45) is 0 Å². The van der Waals surface area contributed by atoms with E-state index in [0.717, 1.165) is 18.2 Å². The number of anilines is 2. The summed E-state index contributed by atoms with van der Waals surface area (Å²) in [6.45, 7) is 3.32. The van der Waals surface area contributed by atoms with Crippen LogP contribution in [0.3, 0.4) is 0 Å². The minimum Gasteiger partial charge on any atom is -0.318 e. The highest BCUT2D eigenvalue weighted by molar-refractivity contribution is 5.98. The van der Waals surface area contributed by atoms with Crippen LogP contribution >= 0.6 is 0 Å². The first kappa shape index (κ1) is 16.8. The van der Waals surface area contributed by atoms with E-state index >= 15 is 0 Å². The number of carbonyl (C=O) groups is 2. The molecule has 1 aromatic rings. The summed E-state index contributed by atoms with van der Waals surface area (Å²) in [6.07, 6.45) is -10.3. The van der Waals surface area contributed by atoms with Gasteiger partial charge >= 0.3 is 24.2 Å². The largest absolute Gasteiger partial charge is 0.471 e. The summed E-state index contributed by atoms with van der Waals surface area (Å²) < 4.78 is 72.3. The van der Waals surface area contributed by atoms with Crippen LogP contribution in [0.25, 0.3) is 0 Å². The quantitative estimate of drug-likeness (QED) is 0.825. The number of carbonyl (C=O) groups excluding carboxylic acids is 2. The van der Waals surface area contributed by atoms with Gasteiger partial charge in [-0.3, -0.25) is 9.59 Å². The lowest BCUT2D eigenvalue weighted by atomic mass is 10.2. The van der Waals surface area contributed by atoms with Crippen molar-refractivity contribution in [2.45, 2.75) is 12.4 Å². The molecule has 0 unspecified atom stereocenters. The van der Waals surface area contributed by atoms with Gasteiger partial charge in [-0.05, 0) is 30.7 Å². The Bertz CT molecular complexity index is 519. The van der Waals surface area contributed by atoms with Crippen LogP contribution in [0.5, 0.6) is 0 Å². The van der Waals surface area contributed by atoms with E-state index in [0.29, 0.717) is 0 Å². The summed E-state index contributed by atoms with van der Waals surface area (Å²) in [6, 6.07) is 2.72. The van der Waals surface area contributed by atoms with Crippen molar-refractivity contribution in [1.29, 1.82) is 0 Å². The topological polar surface area (TPSA) is 58.2 Å². The number of halogens is 6. The first-order valence-corrected chi connectivity index (χ1v) is 5.13. The molecule has 1 radical (unpaired) electrons. The highest BCUT2D eigenvalue weighted by Gasteiger charge is 2.39. The summed E-state index contributed by atoms with van der Waals surface area (Å²) in [5.41, 5.74) is -0.919. The maximum Gasteiger partial charge on any atom is 0.471 e. The van der Waals surface area contributed by atoms with Gasteiger partial charge in [-0.1, -0.05) is 0 Å². The maximum atomic E-state index is 12.1. The molecule has 0 saturated carbocycles. The molecule has 2 N–H and O–H groups in total. The molecule has 115 valence electrons. The Morgan fingerprint density at radius 3 is 1.43 bits per heavy atom. The normalized spacial score (nSPS) is 12.0. The van der Waals surface area contributed by atoms with Gasteiger partial charge in [0.1, 0.15) is 0 Å². The van der Waals surface area contributed by atoms with Crippen molar-refractivity contribution in [1.82, 2.24) is 0 Å². The third kappa shape index (κ3) is 4.97. The molecule has 0 saturated heterocycles. The zero-order valence-electron chi connectivity index (χ0n) is 10.0. The van der Waals surface area contributed by atoms with E-state index < -0.39 is 35.5 Å². The van der Waals surface area contributed by atoms with Crippen molar-refractivity contribution >= 4 is 23.2 Å². The lowest BCUT2D eigenvalue weighted by Crippen LogP contribution is -2.31. The maximum absolute atomic E-state index is 12.1. The zero-order chi connectivity index (χ0) is 16.4. The van der Waals surface area contributed by atoms with Crippen LogP contribution in [-0.4, -0.2) is 24.2 Å². The fourth-order valence-corrected chi connectivity index (χ4v) is 1.24. The molecule has 21 heavy (non-hydrogen) atoms. The monoisotopic (exact) mass is 313 g/mol. The van der Waals surface area contributed by atoms with E-state index in [9.17, 15) is 35.9 Å². The molecule has 1 aromatic carbocycles. The zero-order valence-corrected chi connectivity index (χ0v) is 10.0. The standard InChI is InChI=1S/C11H7F6N2O2/c1-5-2-6(18-8(20)10(12,13)14)4-7(3-5)19-9(21)11(15,16)17/h2-4H,1H2,(H,18,20)(H,19,21). The first-order valence-electron chi connectivity index (χ1n) is 5.13. The second kappa shape index (κ2) is 5.62. The summed E-state index contributed by atoms with van der Waals surface area (Å²) in [5.74, 6) is -4.61. The Labute approximate surface area is 114 Å². The molecule has 0 aromatic heterocycles. The molecule has 0 aliphatic rings. The summed E-state index contributed by atoms with van der Waals surface area (Å²) >= 11 is 0. The molecule has 0 aliphatic carbocycles. The van der Waals surface area contributed by atoms with Gasteiger partial charge < -0.3 is 10.6 Å². The van der Waals surface area contributed by atoms with Crippen LogP contribution in [0, 0.1) is 6.92 Å². The van der Waals surface area contributed by atoms with Crippen LogP contribution in [0.2, 0.25) is 0 Å². The third-order valence-corrected chi connectivity index (χ3v) is 2.02. The third-order valence-electron chi connectivity index (χ3n) is 2.02. The predicted octanol–water partition coefficient (Wildman–Crippen LogP) is 2.87. The van der Waals surface area contributed by atoms with Gasteiger partial charge in [-0.25, -0.2) is 0 Å². The van der Waals surface area contributed by atoms with Gasteiger partial charge in [0.25, 0.3) is 0 Å². The molecule has 0 fully saturated rings. The van der Waals surface area contributed by atoms with Crippen LogP contribution in [-0.2, 0) is 9.59 Å². The smallest absolute Gasteiger partial charge is 0.318 e. The van der Waals surface area contributed by atoms with E-state index in [2.05, 4.69) is 6.92 Å². The van der Waals surface area contributed by atoms with Crippen molar-refractivity contribution < 1.29 is 35.9 Å². The number of nitrogens with one attached hydrogen (secondary N) is 2. The average Bonchev–Trinajstić information content (AvgIpc) is 2.25. The van der Waals surface area contributed by atoms with Crippen LogP contribution < -0.4 is 10.6 Å².